The molecule has 0 radical (unpaired) electrons. The summed E-state index contributed by atoms with van der Waals surface area (Å²) in [4.78, 5) is 10.2. The number of nitro groups is 1. The van der Waals surface area contributed by atoms with Crippen molar-refractivity contribution in [3.8, 4) is 5.75 Å². The van der Waals surface area contributed by atoms with Crippen molar-refractivity contribution in [2.45, 2.75) is 20.0 Å². The molecule has 6 nitrogen and oxygen atoms in total. The Labute approximate surface area is 118 Å². The Morgan fingerprint density at radius 2 is 2.00 bits per heavy atom. The van der Waals surface area contributed by atoms with Crippen LogP contribution in [0.3, 0.4) is 0 Å². The van der Waals surface area contributed by atoms with Gasteiger partial charge in [0.25, 0.3) is 5.69 Å². The number of halogens is 3. The third kappa shape index (κ3) is 4.07. The largest absolute Gasteiger partial charge is 0.492 e. The van der Waals surface area contributed by atoms with E-state index in [1.165, 1.54) is 13.0 Å². The van der Waals surface area contributed by atoms with Crippen LogP contribution in [0, 0.1) is 35.3 Å². The second-order valence-electron chi connectivity index (χ2n) is 4.52. The van der Waals surface area contributed by atoms with Crippen LogP contribution in [0.5, 0.6) is 5.75 Å². The van der Waals surface area contributed by atoms with Gasteiger partial charge in [0.15, 0.2) is 0 Å². The fourth-order valence-corrected chi connectivity index (χ4v) is 1.71. The molecule has 3 N–H and O–H groups in total. The van der Waals surface area contributed by atoms with Crippen molar-refractivity contribution in [3.05, 3.63) is 33.4 Å². The number of benzene rings is 1. The SMILES string of the molecule is Cc1cc(C)c([N+](=O)[O-])cc1OCC(C(=N)N)C(F)(F)F. The number of rotatable bonds is 5. The summed E-state index contributed by atoms with van der Waals surface area (Å²) in [7, 11) is 0. The number of hydrogen-bond donors (Lipinski definition) is 2. The third-order valence-corrected chi connectivity index (χ3v) is 2.87. The smallest absolute Gasteiger partial charge is 0.401 e. The molecular weight excluding hydrogens is 291 g/mol. The van der Waals surface area contributed by atoms with Crippen LogP contribution >= 0.6 is 0 Å². The highest BCUT2D eigenvalue weighted by molar-refractivity contribution is 5.80. The maximum Gasteiger partial charge on any atom is 0.401 e. The molecule has 1 unspecified atom stereocenters. The minimum Gasteiger partial charge on any atom is -0.492 e. The summed E-state index contributed by atoms with van der Waals surface area (Å²) in [6.45, 7) is 2.17. The maximum atomic E-state index is 12.6. The van der Waals surface area contributed by atoms with Crippen LogP contribution < -0.4 is 10.5 Å². The predicted octanol–water partition coefficient (Wildman–Crippen LogP) is 2.70. The van der Waals surface area contributed by atoms with Gasteiger partial charge in [0, 0.05) is 5.56 Å². The lowest BCUT2D eigenvalue weighted by atomic mass is 10.1. The molecule has 1 aromatic rings. The van der Waals surface area contributed by atoms with Crippen molar-refractivity contribution in [1.82, 2.24) is 0 Å². The minimum atomic E-state index is -4.71. The zero-order valence-electron chi connectivity index (χ0n) is 11.3. The molecule has 0 saturated heterocycles. The van der Waals surface area contributed by atoms with Crippen LogP contribution in [0.4, 0.5) is 18.9 Å². The quantitative estimate of drug-likeness (QED) is 0.378. The Hall–Kier alpha value is -2.32. The molecular formula is C12H14F3N3O3. The monoisotopic (exact) mass is 305 g/mol. The van der Waals surface area contributed by atoms with Crippen LogP contribution in [0.15, 0.2) is 12.1 Å². The van der Waals surface area contributed by atoms with E-state index in [1.807, 2.05) is 0 Å². The number of ether oxygens (including phenoxy) is 1. The lowest BCUT2D eigenvalue weighted by molar-refractivity contribution is -0.385. The number of nitro benzene ring substituents is 1. The molecule has 0 fully saturated rings. The Balaban J connectivity index is 3.00. The molecule has 0 aliphatic carbocycles. The fraction of sp³-hybridized carbons (Fsp3) is 0.417. The number of aryl methyl sites for hydroxylation is 2. The maximum absolute atomic E-state index is 12.6. The standard InChI is InChI=1S/C12H14F3N3O3/c1-6-3-7(2)10(4-9(6)18(19)20)21-5-8(11(16)17)12(13,14)15/h3-4,8H,5H2,1-2H3,(H3,16,17). The van der Waals surface area contributed by atoms with E-state index in [0.29, 0.717) is 11.1 Å². The van der Waals surface area contributed by atoms with Crippen molar-refractivity contribution in [2.24, 2.45) is 11.7 Å². The number of hydrogen-bond acceptors (Lipinski definition) is 4. The van der Waals surface area contributed by atoms with E-state index in [1.54, 1.807) is 6.92 Å². The molecule has 0 saturated carbocycles. The lowest BCUT2D eigenvalue weighted by Gasteiger charge is -2.20. The zero-order chi connectivity index (χ0) is 16.4. The van der Waals surface area contributed by atoms with E-state index in [-0.39, 0.29) is 11.4 Å². The van der Waals surface area contributed by atoms with Gasteiger partial charge in [0.1, 0.15) is 24.1 Å². The summed E-state index contributed by atoms with van der Waals surface area (Å²) in [5.41, 5.74) is 5.49. The van der Waals surface area contributed by atoms with Gasteiger partial charge in [-0.05, 0) is 25.5 Å². The van der Waals surface area contributed by atoms with Crippen LogP contribution in [0.2, 0.25) is 0 Å². The molecule has 0 aliphatic rings. The van der Waals surface area contributed by atoms with E-state index in [0.717, 1.165) is 6.07 Å². The summed E-state index contributed by atoms with van der Waals surface area (Å²) in [6.07, 6.45) is -4.71. The van der Waals surface area contributed by atoms with Gasteiger partial charge in [-0.2, -0.15) is 13.2 Å². The van der Waals surface area contributed by atoms with Gasteiger partial charge in [-0.15, -0.1) is 0 Å². The van der Waals surface area contributed by atoms with Gasteiger partial charge in [-0.3, -0.25) is 15.5 Å². The van der Waals surface area contributed by atoms with E-state index in [4.69, 9.17) is 15.9 Å². The number of nitrogens with one attached hydrogen (secondary N) is 1. The first-order chi connectivity index (χ1) is 9.54. The first kappa shape index (κ1) is 16.7. The molecule has 0 aliphatic heterocycles. The van der Waals surface area contributed by atoms with Gasteiger partial charge in [0.2, 0.25) is 0 Å². The molecule has 9 heteroatoms. The molecule has 1 rings (SSSR count). The lowest BCUT2D eigenvalue weighted by Crippen LogP contribution is -2.39. The molecule has 0 amide bonds. The van der Waals surface area contributed by atoms with Gasteiger partial charge in [-0.25, -0.2) is 0 Å². The summed E-state index contributed by atoms with van der Waals surface area (Å²) in [5, 5.41) is 17.7. The van der Waals surface area contributed by atoms with E-state index in [2.05, 4.69) is 0 Å². The van der Waals surface area contributed by atoms with Crippen LogP contribution in [0.1, 0.15) is 11.1 Å². The van der Waals surface area contributed by atoms with Crippen molar-refractivity contribution in [1.29, 1.82) is 5.41 Å². The van der Waals surface area contributed by atoms with Crippen molar-refractivity contribution in [2.75, 3.05) is 6.61 Å². The topological polar surface area (TPSA) is 102 Å². The van der Waals surface area contributed by atoms with Crippen molar-refractivity contribution >= 4 is 11.5 Å². The van der Waals surface area contributed by atoms with Crippen LogP contribution in [0.25, 0.3) is 0 Å². The van der Waals surface area contributed by atoms with Crippen molar-refractivity contribution in [3.63, 3.8) is 0 Å². The average molecular weight is 305 g/mol. The Bertz CT molecular complexity index is 573. The number of nitrogens with zero attached hydrogens (tertiary/aromatic N) is 1. The van der Waals surface area contributed by atoms with Gasteiger partial charge < -0.3 is 10.5 Å². The fourth-order valence-electron chi connectivity index (χ4n) is 1.71. The number of alkyl halides is 3. The Kier molecular flexibility index (Phi) is 4.77. The molecule has 21 heavy (non-hydrogen) atoms. The zero-order valence-corrected chi connectivity index (χ0v) is 11.3. The second-order valence-corrected chi connectivity index (χ2v) is 4.52. The summed E-state index contributed by atoms with van der Waals surface area (Å²) < 4.78 is 42.9. The first-order valence-corrected chi connectivity index (χ1v) is 5.83. The van der Waals surface area contributed by atoms with Crippen molar-refractivity contribution < 1.29 is 22.8 Å². The first-order valence-electron chi connectivity index (χ1n) is 5.83. The molecule has 1 aromatic carbocycles. The van der Waals surface area contributed by atoms with Gasteiger partial charge in [-0.1, -0.05) is 0 Å². The van der Waals surface area contributed by atoms with E-state index >= 15 is 0 Å². The number of amidine groups is 1. The molecule has 116 valence electrons. The number of nitrogens with two attached hydrogens (primary N) is 1. The molecule has 0 heterocycles. The highest BCUT2D eigenvalue weighted by Gasteiger charge is 2.42. The van der Waals surface area contributed by atoms with Gasteiger partial charge >= 0.3 is 6.18 Å². The highest BCUT2D eigenvalue weighted by atomic mass is 19.4. The van der Waals surface area contributed by atoms with E-state index < -0.39 is 29.5 Å². The minimum absolute atomic E-state index is 0.0391. The average Bonchev–Trinajstić information content (AvgIpc) is 2.29. The second kappa shape index (κ2) is 5.98. The predicted molar refractivity (Wildman–Crippen MR) is 69.5 cm³/mol. The summed E-state index contributed by atoms with van der Waals surface area (Å²) >= 11 is 0. The van der Waals surface area contributed by atoms with Crippen LogP contribution in [-0.4, -0.2) is 23.5 Å². The molecule has 0 aromatic heterocycles. The normalized spacial score (nSPS) is 12.8. The molecule has 0 spiro atoms. The highest BCUT2D eigenvalue weighted by Crippen LogP contribution is 2.31. The van der Waals surface area contributed by atoms with Crippen LogP contribution in [-0.2, 0) is 0 Å². The molecule has 1 atom stereocenters. The Morgan fingerprint density at radius 3 is 2.43 bits per heavy atom. The third-order valence-electron chi connectivity index (χ3n) is 2.87. The molecule has 0 bridgehead atoms. The van der Waals surface area contributed by atoms with Gasteiger partial charge in [0.05, 0.1) is 11.0 Å². The Morgan fingerprint density at radius 1 is 1.43 bits per heavy atom. The summed E-state index contributed by atoms with van der Waals surface area (Å²) in [5.74, 6) is -3.36. The summed E-state index contributed by atoms with van der Waals surface area (Å²) in [6, 6.07) is 2.52. The van der Waals surface area contributed by atoms with E-state index in [9.17, 15) is 23.3 Å².